The molecule has 96 valence electrons. The molecule has 3 heterocycles. The Morgan fingerprint density at radius 1 is 1.28 bits per heavy atom. The molecule has 0 spiro atoms. The predicted octanol–water partition coefficient (Wildman–Crippen LogP) is 3.43. The van der Waals surface area contributed by atoms with Gasteiger partial charge in [0.25, 0.3) is 0 Å². The van der Waals surface area contributed by atoms with Crippen LogP contribution in [-0.2, 0) is 17.6 Å². The van der Waals surface area contributed by atoms with Crippen molar-refractivity contribution in [2.75, 3.05) is 0 Å². The van der Waals surface area contributed by atoms with Gasteiger partial charge in [-0.25, -0.2) is 0 Å². The van der Waals surface area contributed by atoms with Gasteiger partial charge in [0.05, 0.1) is 24.2 Å². The highest BCUT2D eigenvalue weighted by Crippen LogP contribution is 2.41. The fourth-order valence-electron chi connectivity index (χ4n) is 2.41. The minimum absolute atomic E-state index is 0.108. The van der Waals surface area contributed by atoms with Crippen LogP contribution in [0.3, 0.4) is 0 Å². The lowest BCUT2D eigenvalue weighted by Crippen LogP contribution is -2.15. The Kier molecular flexibility index (Phi) is 2.59. The lowest BCUT2D eigenvalue weighted by Gasteiger charge is -2.03. The van der Waals surface area contributed by atoms with Crippen LogP contribution in [0.2, 0.25) is 0 Å². The second-order valence-corrected chi connectivity index (χ2v) is 5.42. The summed E-state index contributed by atoms with van der Waals surface area (Å²) in [5.74, 6) is 2.02. The van der Waals surface area contributed by atoms with E-state index in [2.05, 4.69) is 19.9 Å². The van der Waals surface area contributed by atoms with E-state index in [1.807, 2.05) is 13.0 Å². The highest BCUT2D eigenvalue weighted by molar-refractivity contribution is 5.20. The van der Waals surface area contributed by atoms with E-state index >= 15 is 0 Å². The maximum absolute atomic E-state index is 5.83. The van der Waals surface area contributed by atoms with E-state index in [-0.39, 0.29) is 11.7 Å². The number of hydrogen-bond acceptors (Lipinski definition) is 3. The molecule has 1 saturated heterocycles. The summed E-state index contributed by atoms with van der Waals surface area (Å²) in [4.78, 5) is 0. The number of hydrogen-bond donors (Lipinski definition) is 0. The van der Waals surface area contributed by atoms with Crippen LogP contribution in [-0.4, -0.2) is 11.7 Å². The van der Waals surface area contributed by atoms with Gasteiger partial charge in [-0.15, -0.1) is 0 Å². The molecule has 0 N–H and O–H groups in total. The zero-order valence-corrected chi connectivity index (χ0v) is 11.0. The summed E-state index contributed by atoms with van der Waals surface area (Å²) in [5, 5.41) is 0. The molecular formula is C15H18O3. The largest absolute Gasteiger partial charge is 0.469 e. The first-order chi connectivity index (χ1) is 8.57. The van der Waals surface area contributed by atoms with Gasteiger partial charge in [0.1, 0.15) is 11.5 Å². The third-order valence-electron chi connectivity index (χ3n) is 3.68. The molecule has 0 aromatic carbocycles. The monoisotopic (exact) mass is 246 g/mol. The van der Waals surface area contributed by atoms with Crippen molar-refractivity contribution in [1.82, 2.24) is 0 Å². The number of rotatable bonds is 4. The number of epoxide rings is 1. The summed E-state index contributed by atoms with van der Waals surface area (Å²) < 4.78 is 16.8. The van der Waals surface area contributed by atoms with Gasteiger partial charge in [-0.3, -0.25) is 0 Å². The van der Waals surface area contributed by atoms with E-state index in [0.717, 1.165) is 29.9 Å². The van der Waals surface area contributed by atoms with Gasteiger partial charge in [0.15, 0.2) is 0 Å². The molecule has 3 rings (SSSR count). The first-order valence-corrected chi connectivity index (χ1v) is 6.32. The maximum Gasteiger partial charge on any atom is 0.109 e. The molecule has 2 aromatic heterocycles. The molecular weight excluding hydrogens is 228 g/mol. The molecule has 1 fully saturated rings. The standard InChI is InChI=1S/C15H18O3/c1-10-6-12(17-9-10)8-15(3)14(18-15)7-13-11(2)4-5-16-13/h4-6,9,14H,7-8H2,1-3H3. The van der Waals surface area contributed by atoms with Crippen molar-refractivity contribution in [3.8, 4) is 0 Å². The van der Waals surface area contributed by atoms with Crippen molar-refractivity contribution in [3.05, 3.63) is 47.3 Å². The first kappa shape index (κ1) is 11.6. The van der Waals surface area contributed by atoms with E-state index in [0.29, 0.717) is 0 Å². The van der Waals surface area contributed by atoms with Gasteiger partial charge >= 0.3 is 0 Å². The van der Waals surface area contributed by atoms with Gasteiger partial charge in [0.2, 0.25) is 0 Å². The van der Waals surface area contributed by atoms with Gasteiger partial charge in [-0.05, 0) is 44.0 Å². The Labute approximate surface area is 107 Å². The van der Waals surface area contributed by atoms with Crippen molar-refractivity contribution in [3.63, 3.8) is 0 Å². The van der Waals surface area contributed by atoms with Crippen LogP contribution in [0.15, 0.2) is 33.5 Å². The average Bonchev–Trinajstić information content (AvgIpc) is 2.65. The van der Waals surface area contributed by atoms with E-state index in [4.69, 9.17) is 13.6 Å². The van der Waals surface area contributed by atoms with E-state index < -0.39 is 0 Å². The third kappa shape index (κ3) is 2.10. The number of aryl methyl sites for hydroxylation is 2. The second-order valence-electron chi connectivity index (χ2n) is 5.42. The molecule has 0 saturated carbocycles. The Bertz CT molecular complexity index is 552. The van der Waals surface area contributed by atoms with Crippen molar-refractivity contribution in [2.24, 2.45) is 0 Å². The highest BCUT2D eigenvalue weighted by atomic mass is 16.6. The zero-order chi connectivity index (χ0) is 12.8. The van der Waals surface area contributed by atoms with Crippen molar-refractivity contribution < 1.29 is 13.6 Å². The van der Waals surface area contributed by atoms with Crippen LogP contribution < -0.4 is 0 Å². The van der Waals surface area contributed by atoms with Gasteiger partial charge < -0.3 is 13.6 Å². The Balaban J connectivity index is 1.63. The maximum atomic E-state index is 5.83. The summed E-state index contributed by atoms with van der Waals surface area (Å²) in [5.41, 5.74) is 2.25. The third-order valence-corrected chi connectivity index (χ3v) is 3.68. The summed E-state index contributed by atoms with van der Waals surface area (Å²) >= 11 is 0. The van der Waals surface area contributed by atoms with E-state index in [9.17, 15) is 0 Å². The highest BCUT2D eigenvalue weighted by Gasteiger charge is 2.52. The number of furan rings is 2. The predicted molar refractivity (Wildman–Crippen MR) is 67.6 cm³/mol. The van der Waals surface area contributed by atoms with Gasteiger partial charge in [0, 0.05) is 12.8 Å². The summed E-state index contributed by atoms with van der Waals surface area (Å²) in [6, 6.07) is 4.06. The zero-order valence-electron chi connectivity index (χ0n) is 11.0. The molecule has 0 amide bonds. The molecule has 2 aromatic rings. The Morgan fingerprint density at radius 3 is 2.72 bits per heavy atom. The van der Waals surface area contributed by atoms with Crippen molar-refractivity contribution in [2.45, 2.75) is 45.3 Å². The molecule has 1 aliphatic rings. The van der Waals surface area contributed by atoms with Crippen molar-refractivity contribution in [1.29, 1.82) is 0 Å². The molecule has 18 heavy (non-hydrogen) atoms. The van der Waals surface area contributed by atoms with Crippen molar-refractivity contribution >= 4 is 0 Å². The normalized spacial score (nSPS) is 26.5. The van der Waals surface area contributed by atoms with Gasteiger partial charge in [-0.2, -0.15) is 0 Å². The smallest absolute Gasteiger partial charge is 0.109 e. The lowest BCUT2D eigenvalue weighted by molar-refractivity contribution is 0.293. The van der Waals surface area contributed by atoms with Crippen LogP contribution in [0.5, 0.6) is 0 Å². The molecule has 2 atom stereocenters. The van der Waals surface area contributed by atoms with Crippen LogP contribution in [0.25, 0.3) is 0 Å². The average molecular weight is 246 g/mol. The first-order valence-electron chi connectivity index (χ1n) is 6.32. The SMILES string of the molecule is Cc1coc(CC2(C)OC2Cc2occc2C)c1. The number of ether oxygens (including phenoxy) is 1. The van der Waals surface area contributed by atoms with Crippen LogP contribution in [0.4, 0.5) is 0 Å². The molecule has 0 aliphatic carbocycles. The quantitative estimate of drug-likeness (QED) is 0.776. The molecule has 3 nitrogen and oxygen atoms in total. The Morgan fingerprint density at radius 2 is 2.11 bits per heavy atom. The summed E-state index contributed by atoms with van der Waals surface area (Å²) in [7, 11) is 0. The fourth-order valence-corrected chi connectivity index (χ4v) is 2.41. The van der Waals surface area contributed by atoms with Crippen LogP contribution in [0, 0.1) is 13.8 Å². The molecule has 3 heteroatoms. The van der Waals surface area contributed by atoms with E-state index in [1.165, 1.54) is 5.56 Å². The second kappa shape index (κ2) is 4.02. The van der Waals surface area contributed by atoms with Crippen LogP contribution >= 0.6 is 0 Å². The molecule has 1 aliphatic heterocycles. The fraction of sp³-hybridized carbons (Fsp3) is 0.467. The molecule has 0 radical (unpaired) electrons. The minimum atomic E-state index is -0.108. The van der Waals surface area contributed by atoms with E-state index in [1.54, 1.807) is 12.5 Å². The molecule has 0 bridgehead atoms. The van der Waals surface area contributed by atoms with Gasteiger partial charge in [-0.1, -0.05) is 0 Å². The molecule has 2 unspecified atom stereocenters. The topological polar surface area (TPSA) is 38.8 Å². The Hall–Kier alpha value is -1.48. The lowest BCUT2D eigenvalue weighted by atomic mass is 9.98. The summed E-state index contributed by atoms with van der Waals surface area (Å²) in [6.45, 7) is 6.23. The summed E-state index contributed by atoms with van der Waals surface area (Å²) in [6.07, 6.45) is 5.42. The van der Waals surface area contributed by atoms with Crippen LogP contribution in [0.1, 0.15) is 29.6 Å². The minimum Gasteiger partial charge on any atom is -0.469 e.